The zero-order valence-electron chi connectivity index (χ0n) is 12.5. The number of rotatable bonds is 8. The Hall–Kier alpha value is -0.460. The number of carbonyl (C=O) groups excluding carboxylic acids is 1. The lowest BCUT2D eigenvalue weighted by molar-refractivity contribution is 0.101. The van der Waals surface area contributed by atoms with E-state index in [1.807, 2.05) is 0 Å². The molecule has 0 unspecified atom stereocenters. The molecule has 0 aliphatic rings. The van der Waals surface area contributed by atoms with Gasteiger partial charge in [-0.05, 0) is 52.6 Å². The van der Waals surface area contributed by atoms with Crippen LogP contribution in [-0.2, 0) is 18.1 Å². The molecule has 1 rings (SSSR count). The number of phosphoric ester groups is 1. The van der Waals surface area contributed by atoms with Gasteiger partial charge < -0.3 is 4.52 Å². The van der Waals surface area contributed by atoms with Crippen LogP contribution in [0.2, 0.25) is 0 Å². The molecular weight excluding hydrogens is 439 g/mol. The molecule has 0 saturated carbocycles. The lowest BCUT2D eigenvalue weighted by Gasteiger charge is -2.19. The molecule has 0 N–H and O–H groups in total. The molecule has 0 aromatic heterocycles. The summed E-state index contributed by atoms with van der Waals surface area (Å²) in [5.74, 6) is 0.227. The highest BCUT2D eigenvalue weighted by Gasteiger charge is 2.29. The van der Waals surface area contributed by atoms with E-state index >= 15 is 0 Å². The van der Waals surface area contributed by atoms with Crippen molar-refractivity contribution >= 4 is 51.2 Å². The van der Waals surface area contributed by atoms with E-state index in [0.29, 0.717) is 14.5 Å². The van der Waals surface area contributed by atoms with Crippen molar-refractivity contribution in [1.82, 2.24) is 0 Å². The van der Waals surface area contributed by atoms with Crippen molar-refractivity contribution in [1.29, 1.82) is 0 Å². The molecule has 1 aromatic rings. The highest BCUT2D eigenvalue weighted by atomic mass is 79.9. The molecule has 0 fully saturated rings. The fourth-order valence-corrected chi connectivity index (χ4v) is 3.67. The van der Waals surface area contributed by atoms with Crippen LogP contribution in [0.4, 0.5) is 0 Å². The molecule has 0 radical (unpaired) electrons. The zero-order chi connectivity index (χ0) is 16.8. The molecule has 22 heavy (non-hydrogen) atoms. The minimum absolute atomic E-state index is 0.0368. The predicted octanol–water partition coefficient (Wildman–Crippen LogP) is 5.50. The topological polar surface area (TPSA) is 61.8 Å². The van der Waals surface area contributed by atoms with Gasteiger partial charge in [-0.1, -0.05) is 24.3 Å². The zero-order valence-corrected chi connectivity index (χ0v) is 16.5. The Bertz CT molecular complexity index is 584. The summed E-state index contributed by atoms with van der Waals surface area (Å²) in [6, 6.07) is 6.71. The van der Waals surface area contributed by atoms with Gasteiger partial charge in [0.05, 0.1) is 13.2 Å². The Labute approximate surface area is 146 Å². The molecule has 0 saturated heterocycles. The first-order valence-electron chi connectivity index (χ1n) is 6.58. The third-order valence-corrected chi connectivity index (χ3v) is 4.78. The van der Waals surface area contributed by atoms with E-state index in [-0.39, 0.29) is 24.8 Å². The summed E-state index contributed by atoms with van der Waals surface area (Å²) in [4.78, 5) is 11.3. The maximum Gasteiger partial charge on any atom is 0.530 e. The summed E-state index contributed by atoms with van der Waals surface area (Å²) in [7, 11) is -3.71. The number of phosphoric acid groups is 1. The quantitative estimate of drug-likeness (QED) is 0.294. The lowest BCUT2D eigenvalue weighted by Crippen LogP contribution is -2.01. The Morgan fingerprint density at radius 2 is 1.50 bits per heavy atom. The van der Waals surface area contributed by atoms with Crippen LogP contribution in [0.3, 0.4) is 0 Å². The number of Topliss-reactive ketones (excluding diaryl/α,β-unsaturated/α-hetero) is 1. The maximum atomic E-state index is 12.5. The fourth-order valence-electron chi connectivity index (χ4n) is 1.57. The van der Waals surface area contributed by atoms with E-state index in [0.717, 1.165) is 0 Å². The first-order valence-corrected chi connectivity index (χ1v) is 9.63. The Kier molecular flexibility index (Phi) is 8.00. The minimum atomic E-state index is -3.71. The van der Waals surface area contributed by atoms with Crippen LogP contribution in [-0.4, -0.2) is 19.0 Å². The molecule has 0 heterocycles. The summed E-state index contributed by atoms with van der Waals surface area (Å²) in [5, 5.41) is 0. The van der Waals surface area contributed by atoms with E-state index in [2.05, 4.69) is 31.9 Å². The monoisotopic (exact) mass is 454 g/mol. The minimum Gasteiger partial charge on any atom is -0.402 e. The predicted molar refractivity (Wildman–Crippen MR) is 93.2 cm³/mol. The number of ketones is 1. The Balaban J connectivity index is 3.12. The average Bonchev–Trinajstić information content (AvgIpc) is 2.45. The summed E-state index contributed by atoms with van der Waals surface area (Å²) < 4.78 is 28.6. The first kappa shape index (κ1) is 19.6. The number of benzene rings is 1. The molecule has 8 heteroatoms. The van der Waals surface area contributed by atoms with E-state index in [1.165, 1.54) is 6.92 Å². The SMILES string of the molecule is CCOP(=O)(OCC)OC(=C(Br)Br)c1ccc(C(C)=O)cc1. The van der Waals surface area contributed by atoms with Gasteiger partial charge in [0.1, 0.15) is 3.39 Å². The van der Waals surface area contributed by atoms with Crippen LogP contribution in [0.5, 0.6) is 0 Å². The van der Waals surface area contributed by atoms with Crippen molar-refractivity contribution in [3.63, 3.8) is 0 Å². The van der Waals surface area contributed by atoms with Crippen molar-refractivity contribution in [2.24, 2.45) is 0 Å². The molecule has 5 nitrogen and oxygen atoms in total. The van der Waals surface area contributed by atoms with Crippen molar-refractivity contribution in [2.75, 3.05) is 13.2 Å². The van der Waals surface area contributed by atoms with Gasteiger partial charge in [-0.25, -0.2) is 4.57 Å². The number of hydrogen-bond acceptors (Lipinski definition) is 5. The Morgan fingerprint density at radius 1 is 1.05 bits per heavy atom. The van der Waals surface area contributed by atoms with Gasteiger partial charge in [0.25, 0.3) is 0 Å². The van der Waals surface area contributed by atoms with E-state index < -0.39 is 7.82 Å². The molecule has 0 bridgehead atoms. The van der Waals surface area contributed by atoms with Gasteiger partial charge in [-0.3, -0.25) is 13.8 Å². The second-order valence-corrected chi connectivity index (χ2v) is 8.34. The van der Waals surface area contributed by atoms with Crippen LogP contribution in [0.25, 0.3) is 5.76 Å². The molecule has 0 aliphatic heterocycles. The lowest BCUT2D eigenvalue weighted by atomic mass is 10.1. The average molecular weight is 456 g/mol. The van der Waals surface area contributed by atoms with Gasteiger partial charge in [-0.15, -0.1) is 0 Å². The third kappa shape index (κ3) is 5.63. The largest absolute Gasteiger partial charge is 0.530 e. The normalized spacial score (nSPS) is 11.1. The van der Waals surface area contributed by atoms with E-state index in [9.17, 15) is 9.36 Å². The molecule has 1 aromatic carbocycles. The smallest absolute Gasteiger partial charge is 0.402 e. The van der Waals surface area contributed by atoms with Crippen molar-refractivity contribution < 1.29 is 22.9 Å². The molecule has 0 aliphatic carbocycles. The summed E-state index contributed by atoms with van der Waals surface area (Å²) in [6.45, 7) is 5.26. The number of halogens is 2. The second kappa shape index (κ2) is 8.99. The second-order valence-electron chi connectivity index (χ2n) is 4.10. The van der Waals surface area contributed by atoms with Gasteiger partial charge in [0.2, 0.25) is 0 Å². The molecule has 0 atom stereocenters. The van der Waals surface area contributed by atoms with Crippen LogP contribution >= 0.6 is 39.7 Å². The van der Waals surface area contributed by atoms with Crippen LogP contribution in [0, 0.1) is 0 Å². The van der Waals surface area contributed by atoms with E-state index in [4.69, 9.17) is 13.6 Å². The standard InChI is InChI=1S/C14H17Br2O5P/c1-4-19-22(18,20-5-2)21-13(14(15)16)12-8-6-11(7-9-12)10(3)17/h6-9H,4-5H2,1-3H3. The van der Waals surface area contributed by atoms with Crippen LogP contribution in [0.1, 0.15) is 36.7 Å². The van der Waals surface area contributed by atoms with Crippen molar-refractivity contribution in [2.45, 2.75) is 20.8 Å². The fraction of sp³-hybridized carbons (Fsp3) is 0.357. The van der Waals surface area contributed by atoms with Crippen molar-refractivity contribution in [3.05, 3.63) is 38.8 Å². The summed E-state index contributed by atoms with van der Waals surface area (Å²) in [6.07, 6.45) is 0. The number of carbonyl (C=O) groups is 1. The molecule has 0 amide bonds. The number of hydrogen-bond donors (Lipinski definition) is 0. The van der Waals surface area contributed by atoms with Crippen LogP contribution in [0.15, 0.2) is 27.7 Å². The van der Waals surface area contributed by atoms with Gasteiger partial charge in [0, 0.05) is 11.1 Å². The highest BCUT2D eigenvalue weighted by molar-refractivity contribution is 9.28. The molecular formula is C14H17Br2O5P. The molecule has 0 spiro atoms. The summed E-state index contributed by atoms with van der Waals surface area (Å²) >= 11 is 6.50. The van der Waals surface area contributed by atoms with Gasteiger partial charge in [-0.2, -0.15) is 0 Å². The van der Waals surface area contributed by atoms with Crippen LogP contribution < -0.4 is 0 Å². The van der Waals surface area contributed by atoms with E-state index in [1.54, 1.807) is 38.1 Å². The maximum absolute atomic E-state index is 12.5. The summed E-state index contributed by atoms with van der Waals surface area (Å²) in [5.41, 5.74) is 1.19. The Morgan fingerprint density at radius 3 is 1.86 bits per heavy atom. The van der Waals surface area contributed by atoms with Crippen molar-refractivity contribution in [3.8, 4) is 0 Å². The molecule has 122 valence electrons. The van der Waals surface area contributed by atoms with Gasteiger partial charge >= 0.3 is 7.82 Å². The van der Waals surface area contributed by atoms with Gasteiger partial charge in [0.15, 0.2) is 11.5 Å². The first-order chi connectivity index (χ1) is 10.3. The highest BCUT2D eigenvalue weighted by Crippen LogP contribution is 2.54. The third-order valence-electron chi connectivity index (χ3n) is 2.50.